The molecule has 0 N–H and O–H groups in total. The zero-order valence-electron chi connectivity index (χ0n) is 9.65. The maximum absolute atomic E-state index is 4.04. The highest BCUT2D eigenvalue weighted by molar-refractivity contribution is 8.00. The van der Waals surface area contributed by atoms with E-state index < -0.39 is 0 Å². The number of hydrogen-bond acceptors (Lipinski definition) is 4. The van der Waals surface area contributed by atoms with E-state index >= 15 is 0 Å². The molecule has 0 amide bonds. The first kappa shape index (κ1) is 11.6. The highest BCUT2D eigenvalue weighted by atomic mass is 32.2. The molecule has 0 aliphatic heterocycles. The van der Waals surface area contributed by atoms with Gasteiger partial charge in [0, 0.05) is 5.75 Å². The number of thioether (sulfide) groups is 1. The van der Waals surface area contributed by atoms with Gasteiger partial charge < -0.3 is 0 Å². The molecule has 0 saturated heterocycles. The fourth-order valence-corrected chi connectivity index (χ4v) is 3.48. The van der Waals surface area contributed by atoms with E-state index in [1.54, 1.807) is 28.6 Å². The maximum atomic E-state index is 4.04. The highest BCUT2D eigenvalue weighted by Gasteiger charge is 2.06. The Labute approximate surface area is 104 Å². The van der Waals surface area contributed by atoms with Crippen molar-refractivity contribution < 1.29 is 0 Å². The molecule has 84 valence electrons. The molecule has 1 aromatic heterocycles. The first-order valence-corrected chi connectivity index (χ1v) is 6.99. The smallest absolute Gasteiger partial charge is 0.146 e. The summed E-state index contributed by atoms with van der Waals surface area (Å²) in [5, 5.41) is 7.88. The summed E-state index contributed by atoms with van der Waals surface area (Å²) in [4.78, 5) is 0. The third kappa shape index (κ3) is 2.62. The number of nitrogens with zero attached hydrogens (tertiary/aromatic N) is 2. The number of hydrogen-bond donors (Lipinski definition) is 0. The van der Waals surface area contributed by atoms with Gasteiger partial charge in [-0.25, -0.2) is 0 Å². The van der Waals surface area contributed by atoms with Crippen LogP contribution in [-0.4, -0.2) is 10.2 Å². The molecule has 0 aliphatic rings. The Morgan fingerprint density at radius 1 is 1.19 bits per heavy atom. The molecule has 16 heavy (non-hydrogen) atoms. The molecule has 0 saturated carbocycles. The van der Waals surface area contributed by atoms with Crippen LogP contribution in [0.4, 0.5) is 0 Å². The zero-order valence-corrected chi connectivity index (χ0v) is 11.3. The Balaban J connectivity index is 2.15. The van der Waals surface area contributed by atoms with Crippen LogP contribution in [0.25, 0.3) is 0 Å². The van der Waals surface area contributed by atoms with Crippen molar-refractivity contribution in [1.82, 2.24) is 10.2 Å². The molecular weight excluding hydrogens is 236 g/mol. The molecule has 1 aromatic carbocycles. The molecule has 1 heterocycles. The zero-order chi connectivity index (χ0) is 11.5. The molecule has 4 heteroatoms. The third-order valence-corrected chi connectivity index (χ3v) is 4.41. The van der Waals surface area contributed by atoms with Gasteiger partial charge in [0.25, 0.3) is 0 Å². The standard InChI is InChI=1S/C12H14N2S2/c1-8-4-9(2)11(10(3)5-8)6-15-12-14-13-7-16-12/h4-5,7H,6H2,1-3H3. The minimum Gasteiger partial charge on any atom is -0.146 e. The summed E-state index contributed by atoms with van der Waals surface area (Å²) in [5.74, 6) is 0.979. The summed E-state index contributed by atoms with van der Waals surface area (Å²) in [7, 11) is 0. The van der Waals surface area contributed by atoms with Gasteiger partial charge in [-0.15, -0.1) is 10.2 Å². The van der Waals surface area contributed by atoms with Crippen molar-refractivity contribution in [2.75, 3.05) is 0 Å². The van der Waals surface area contributed by atoms with Gasteiger partial charge in [-0.3, -0.25) is 0 Å². The van der Waals surface area contributed by atoms with Gasteiger partial charge in [-0.1, -0.05) is 40.8 Å². The van der Waals surface area contributed by atoms with Crippen molar-refractivity contribution in [3.63, 3.8) is 0 Å². The van der Waals surface area contributed by atoms with Gasteiger partial charge in [-0.05, 0) is 37.5 Å². The van der Waals surface area contributed by atoms with Crippen LogP contribution in [0.3, 0.4) is 0 Å². The summed E-state index contributed by atoms with van der Waals surface area (Å²) in [6, 6.07) is 4.48. The van der Waals surface area contributed by atoms with Crippen LogP contribution >= 0.6 is 23.1 Å². The second-order valence-corrected chi connectivity index (χ2v) is 5.93. The second kappa shape index (κ2) is 4.97. The fourth-order valence-electron chi connectivity index (χ4n) is 1.80. The average molecular weight is 250 g/mol. The minimum atomic E-state index is 0.979. The molecule has 2 rings (SSSR count). The van der Waals surface area contributed by atoms with Crippen LogP contribution in [0.1, 0.15) is 22.3 Å². The quantitative estimate of drug-likeness (QED) is 0.776. The molecule has 0 spiro atoms. The van der Waals surface area contributed by atoms with Crippen molar-refractivity contribution in [3.8, 4) is 0 Å². The van der Waals surface area contributed by atoms with Crippen molar-refractivity contribution >= 4 is 23.1 Å². The molecule has 2 aromatic rings. The Kier molecular flexibility index (Phi) is 3.61. The van der Waals surface area contributed by atoms with Gasteiger partial charge in [0.05, 0.1) is 0 Å². The Hall–Kier alpha value is -0.870. The first-order chi connectivity index (χ1) is 7.66. The maximum Gasteiger partial charge on any atom is 0.174 e. The van der Waals surface area contributed by atoms with E-state index in [0.717, 1.165) is 10.1 Å². The Bertz CT molecular complexity index is 455. The summed E-state index contributed by atoms with van der Waals surface area (Å²) in [5.41, 5.74) is 7.27. The molecule has 2 nitrogen and oxygen atoms in total. The van der Waals surface area contributed by atoms with Gasteiger partial charge >= 0.3 is 0 Å². The predicted octanol–water partition coefficient (Wildman–Crippen LogP) is 3.76. The van der Waals surface area contributed by atoms with Crippen molar-refractivity contribution in [3.05, 3.63) is 39.9 Å². The van der Waals surface area contributed by atoms with Crippen molar-refractivity contribution in [2.24, 2.45) is 0 Å². The van der Waals surface area contributed by atoms with E-state index in [-0.39, 0.29) is 0 Å². The third-order valence-electron chi connectivity index (χ3n) is 2.52. The van der Waals surface area contributed by atoms with Crippen LogP contribution in [0.5, 0.6) is 0 Å². The summed E-state index contributed by atoms with van der Waals surface area (Å²) in [6.07, 6.45) is 0. The van der Waals surface area contributed by atoms with E-state index in [1.165, 1.54) is 22.3 Å². The van der Waals surface area contributed by atoms with E-state index in [9.17, 15) is 0 Å². The molecular formula is C12H14N2S2. The summed E-state index contributed by atoms with van der Waals surface area (Å²) >= 11 is 3.36. The Morgan fingerprint density at radius 2 is 1.88 bits per heavy atom. The van der Waals surface area contributed by atoms with Gasteiger partial charge in [0.1, 0.15) is 5.51 Å². The second-order valence-electron chi connectivity index (χ2n) is 3.87. The number of aromatic nitrogens is 2. The number of benzene rings is 1. The minimum absolute atomic E-state index is 0.979. The van der Waals surface area contributed by atoms with E-state index in [2.05, 4.69) is 43.1 Å². The van der Waals surface area contributed by atoms with Crippen LogP contribution in [0, 0.1) is 20.8 Å². The molecule has 0 radical (unpaired) electrons. The number of rotatable bonds is 3. The molecule has 0 bridgehead atoms. The SMILES string of the molecule is Cc1cc(C)c(CSc2nncs2)c(C)c1. The highest BCUT2D eigenvalue weighted by Crippen LogP contribution is 2.27. The van der Waals surface area contributed by atoms with Crippen LogP contribution < -0.4 is 0 Å². The monoisotopic (exact) mass is 250 g/mol. The first-order valence-electron chi connectivity index (χ1n) is 5.12. The lowest BCUT2D eigenvalue weighted by Crippen LogP contribution is -1.92. The fraction of sp³-hybridized carbons (Fsp3) is 0.333. The lowest BCUT2D eigenvalue weighted by atomic mass is 10.0. The average Bonchev–Trinajstić information content (AvgIpc) is 2.68. The van der Waals surface area contributed by atoms with Crippen LogP contribution in [0.2, 0.25) is 0 Å². The Morgan fingerprint density at radius 3 is 2.44 bits per heavy atom. The van der Waals surface area contributed by atoms with E-state index in [4.69, 9.17) is 0 Å². The van der Waals surface area contributed by atoms with E-state index in [1.807, 2.05) is 0 Å². The lowest BCUT2D eigenvalue weighted by molar-refractivity contribution is 1.01. The predicted molar refractivity (Wildman–Crippen MR) is 70.1 cm³/mol. The van der Waals surface area contributed by atoms with Gasteiger partial charge in [-0.2, -0.15) is 0 Å². The largest absolute Gasteiger partial charge is 0.174 e. The molecule has 0 atom stereocenters. The van der Waals surface area contributed by atoms with Crippen molar-refractivity contribution in [2.45, 2.75) is 30.9 Å². The molecule has 0 unspecified atom stereocenters. The van der Waals surface area contributed by atoms with Gasteiger partial charge in [0.15, 0.2) is 4.34 Å². The normalized spacial score (nSPS) is 10.7. The lowest BCUT2D eigenvalue weighted by Gasteiger charge is -2.09. The number of aryl methyl sites for hydroxylation is 3. The van der Waals surface area contributed by atoms with Crippen LogP contribution in [0.15, 0.2) is 22.0 Å². The molecule has 0 aliphatic carbocycles. The summed E-state index contributed by atoms with van der Waals surface area (Å²) in [6.45, 7) is 6.49. The van der Waals surface area contributed by atoms with Crippen LogP contribution in [-0.2, 0) is 5.75 Å². The van der Waals surface area contributed by atoms with Gasteiger partial charge in [0.2, 0.25) is 0 Å². The van der Waals surface area contributed by atoms with E-state index in [0.29, 0.717) is 0 Å². The summed E-state index contributed by atoms with van der Waals surface area (Å²) < 4.78 is 1.04. The molecule has 0 fully saturated rings. The van der Waals surface area contributed by atoms with Crippen molar-refractivity contribution in [1.29, 1.82) is 0 Å². The topological polar surface area (TPSA) is 25.8 Å².